The molecule has 1 aliphatic rings. The Balaban J connectivity index is 2.33. The highest BCUT2D eigenvalue weighted by atomic mass is 16.5. The van der Waals surface area contributed by atoms with Crippen molar-refractivity contribution in [3.05, 3.63) is 29.6 Å². The third kappa shape index (κ3) is 2.19. The monoisotopic (exact) mass is 247 g/mol. The van der Waals surface area contributed by atoms with Crippen molar-refractivity contribution in [2.24, 2.45) is 0 Å². The molecule has 3 heteroatoms. The predicted molar refractivity (Wildman–Crippen MR) is 70.6 cm³/mol. The number of ketones is 1. The molecule has 3 nitrogen and oxygen atoms in total. The quantitative estimate of drug-likeness (QED) is 0.821. The van der Waals surface area contributed by atoms with Gasteiger partial charge in [-0.15, -0.1) is 0 Å². The van der Waals surface area contributed by atoms with Crippen LogP contribution in [0.4, 0.5) is 0 Å². The van der Waals surface area contributed by atoms with E-state index >= 15 is 0 Å². The Bertz CT molecular complexity index is 438. The van der Waals surface area contributed by atoms with Crippen molar-refractivity contribution < 1.29 is 9.53 Å². The van der Waals surface area contributed by atoms with Gasteiger partial charge in [0.05, 0.1) is 11.6 Å². The molecule has 2 rings (SSSR count). The van der Waals surface area contributed by atoms with Crippen LogP contribution in [-0.4, -0.2) is 23.5 Å². The Morgan fingerprint density at radius 1 is 1.61 bits per heavy atom. The lowest BCUT2D eigenvalue weighted by atomic mass is 9.78. The van der Waals surface area contributed by atoms with Crippen LogP contribution < -0.4 is 0 Å². The van der Waals surface area contributed by atoms with Gasteiger partial charge >= 0.3 is 0 Å². The van der Waals surface area contributed by atoms with Crippen molar-refractivity contribution >= 4 is 5.78 Å². The number of carbonyl (C=O) groups is 1. The number of hydrogen-bond donors (Lipinski definition) is 0. The van der Waals surface area contributed by atoms with Crippen LogP contribution in [0.3, 0.4) is 0 Å². The van der Waals surface area contributed by atoms with Crippen molar-refractivity contribution in [1.82, 2.24) is 4.98 Å². The summed E-state index contributed by atoms with van der Waals surface area (Å²) in [6, 6.07) is 4.03. The van der Waals surface area contributed by atoms with Gasteiger partial charge in [0.25, 0.3) is 0 Å². The number of Topliss-reactive ketones (excluding diaryl/α,β-unsaturated/α-hetero) is 1. The maximum atomic E-state index is 12.7. The fourth-order valence-corrected chi connectivity index (χ4v) is 2.65. The Hall–Kier alpha value is -1.22. The number of nitrogens with zero attached hydrogens (tertiary/aromatic N) is 1. The first-order chi connectivity index (χ1) is 8.62. The van der Waals surface area contributed by atoms with Crippen molar-refractivity contribution in [3.8, 4) is 0 Å². The summed E-state index contributed by atoms with van der Waals surface area (Å²) in [5.74, 6) is 0.0759. The van der Waals surface area contributed by atoms with Crippen LogP contribution in [0.25, 0.3) is 0 Å². The molecule has 1 aromatic rings. The maximum Gasteiger partial charge on any atom is 0.173 e. The zero-order valence-corrected chi connectivity index (χ0v) is 11.4. The van der Waals surface area contributed by atoms with E-state index < -0.39 is 5.60 Å². The van der Waals surface area contributed by atoms with E-state index in [2.05, 4.69) is 11.1 Å². The van der Waals surface area contributed by atoms with E-state index in [-0.39, 0.29) is 11.7 Å². The van der Waals surface area contributed by atoms with Gasteiger partial charge in [0.2, 0.25) is 0 Å². The lowest BCUT2D eigenvalue weighted by molar-refractivity contribution is -0.141. The Morgan fingerprint density at radius 2 is 2.39 bits per heavy atom. The van der Waals surface area contributed by atoms with Gasteiger partial charge in [0, 0.05) is 13.3 Å². The number of ether oxygens (including phenoxy) is 1. The molecule has 1 aromatic heterocycles. The van der Waals surface area contributed by atoms with E-state index in [1.165, 1.54) is 5.56 Å². The summed E-state index contributed by atoms with van der Waals surface area (Å²) in [5.41, 5.74) is 1.50. The zero-order chi connectivity index (χ0) is 13.2. The first-order valence-electron chi connectivity index (χ1n) is 6.65. The summed E-state index contributed by atoms with van der Waals surface area (Å²) in [4.78, 5) is 17.1. The highest BCUT2D eigenvalue weighted by Gasteiger charge is 2.39. The molecule has 2 atom stereocenters. The summed E-state index contributed by atoms with van der Waals surface area (Å²) < 4.78 is 5.44. The van der Waals surface area contributed by atoms with Gasteiger partial charge in [0.15, 0.2) is 5.78 Å². The van der Waals surface area contributed by atoms with Crippen LogP contribution in [0.15, 0.2) is 18.3 Å². The van der Waals surface area contributed by atoms with E-state index in [4.69, 9.17) is 4.74 Å². The van der Waals surface area contributed by atoms with Gasteiger partial charge < -0.3 is 4.74 Å². The zero-order valence-electron chi connectivity index (χ0n) is 11.4. The fourth-order valence-electron chi connectivity index (χ4n) is 2.65. The van der Waals surface area contributed by atoms with E-state index in [9.17, 15) is 4.79 Å². The number of fused-ring (bicyclic) bond motifs is 1. The maximum absolute atomic E-state index is 12.7. The van der Waals surface area contributed by atoms with Crippen molar-refractivity contribution in [2.45, 2.75) is 51.0 Å². The number of rotatable bonds is 4. The van der Waals surface area contributed by atoms with Crippen molar-refractivity contribution in [2.75, 3.05) is 7.11 Å². The highest BCUT2D eigenvalue weighted by Crippen LogP contribution is 2.35. The number of aromatic nitrogens is 1. The van der Waals surface area contributed by atoms with Gasteiger partial charge in [-0.05, 0) is 44.2 Å². The molecule has 1 heterocycles. The van der Waals surface area contributed by atoms with E-state index in [1.807, 2.05) is 19.9 Å². The summed E-state index contributed by atoms with van der Waals surface area (Å²) in [7, 11) is 1.61. The number of pyridine rings is 1. The Kier molecular flexibility index (Phi) is 3.81. The van der Waals surface area contributed by atoms with Crippen LogP contribution in [0.5, 0.6) is 0 Å². The molecule has 0 saturated carbocycles. The predicted octanol–water partition coefficient (Wildman–Crippen LogP) is 2.89. The van der Waals surface area contributed by atoms with Gasteiger partial charge in [-0.1, -0.05) is 13.0 Å². The molecular formula is C15H21NO2. The van der Waals surface area contributed by atoms with Crippen molar-refractivity contribution in [3.63, 3.8) is 0 Å². The average molecular weight is 247 g/mol. The first-order valence-corrected chi connectivity index (χ1v) is 6.65. The topological polar surface area (TPSA) is 39.2 Å². The molecule has 0 aliphatic heterocycles. The smallest absolute Gasteiger partial charge is 0.173 e. The SMILES string of the molecule is CCC(C)(OC)C(=O)C1CCCc2cccnc21. The second-order valence-electron chi connectivity index (χ2n) is 5.15. The molecule has 0 radical (unpaired) electrons. The molecule has 0 bridgehead atoms. The van der Waals surface area contributed by atoms with E-state index in [0.29, 0.717) is 6.42 Å². The van der Waals surface area contributed by atoms with E-state index in [1.54, 1.807) is 13.3 Å². The third-order valence-corrected chi connectivity index (χ3v) is 4.16. The fraction of sp³-hybridized carbons (Fsp3) is 0.600. The molecule has 98 valence electrons. The molecule has 0 fully saturated rings. The molecule has 0 saturated heterocycles. The standard InChI is InChI=1S/C15H21NO2/c1-4-15(2,18-3)14(17)12-9-5-7-11-8-6-10-16-13(11)12/h6,8,10,12H,4-5,7,9H2,1-3H3. The summed E-state index contributed by atoms with van der Waals surface area (Å²) >= 11 is 0. The summed E-state index contributed by atoms with van der Waals surface area (Å²) in [6.07, 6.45) is 5.45. The Labute approximate surface area is 109 Å². The number of hydrogen-bond acceptors (Lipinski definition) is 3. The molecule has 1 aliphatic carbocycles. The molecular weight excluding hydrogens is 226 g/mol. The molecule has 2 unspecified atom stereocenters. The van der Waals surface area contributed by atoms with Crippen molar-refractivity contribution in [1.29, 1.82) is 0 Å². The molecule has 0 N–H and O–H groups in total. The lowest BCUT2D eigenvalue weighted by Gasteiger charge is -2.32. The van der Waals surface area contributed by atoms with Crippen LogP contribution in [0.1, 0.15) is 50.3 Å². The minimum atomic E-state index is -0.684. The number of methoxy groups -OCH3 is 1. The third-order valence-electron chi connectivity index (χ3n) is 4.16. The van der Waals surface area contributed by atoms with Crippen LogP contribution >= 0.6 is 0 Å². The van der Waals surface area contributed by atoms with Gasteiger partial charge in [-0.2, -0.15) is 0 Å². The lowest BCUT2D eigenvalue weighted by Crippen LogP contribution is -2.41. The molecule has 0 amide bonds. The summed E-state index contributed by atoms with van der Waals surface area (Å²) in [6.45, 7) is 3.87. The van der Waals surface area contributed by atoms with Gasteiger partial charge in [-0.25, -0.2) is 0 Å². The second kappa shape index (κ2) is 5.19. The number of aryl methyl sites for hydroxylation is 1. The largest absolute Gasteiger partial charge is 0.371 e. The number of carbonyl (C=O) groups excluding carboxylic acids is 1. The minimum absolute atomic E-state index is 0.0974. The Morgan fingerprint density at radius 3 is 3.06 bits per heavy atom. The molecule has 0 aromatic carbocycles. The molecule has 18 heavy (non-hydrogen) atoms. The molecule has 0 spiro atoms. The first kappa shape index (κ1) is 13.2. The van der Waals surface area contributed by atoms with Gasteiger partial charge in [-0.3, -0.25) is 9.78 Å². The van der Waals surface area contributed by atoms with Gasteiger partial charge in [0.1, 0.15) is 5.60 Å². The van der Waals surface area contributed by atoms with E-state index in [0.717, 1.165) is 25.0 Å². The highest BCUT2D eigenvalue weighted by molar-refractivity contribution is 5.93. The average Bonchev–Trinajstić information content (AvgIpc) is 2.45. The minimum Gasteiger partial charge on any atom is -0.371 e. The normalized spacial score (nSPS) is 22.1. The van der Waals surface area contributed by atoms with Crippen LogP contribution in [0.2, 0.25) is 0 Å². The van der Waals surface area contributed by atoms with Crippen LogP contribution in [-0.2, 0) is 16.0 Å². The second-order valence-corrected chi connectivity index (χ2v) is 5.15. The summed E-state index contributed by atoms with van der Waals surface area (Å²) in [5, 5.41) is 0. The van der Waals surface area contributed by atoms with Crippen LogP contribution in [0, 0.1) is 0 Å².